The van der Waals surface area contributed by atoms with Crippen molar-refractivity contribution in [2.75, 3.05) is 7.11 Å². The predicted octanol–water partition coefficient (Wildman–Crippen LogP) is 2.68. The van der Waals surface area contributed by atoms with Gasteiger partial charge in [0.1, 0.15) is 5.75 Å². The molecule has 13 heavy (non-hydrogen) atoms. The molecule has 0 spiro atoms. The van der Waals surface area contributed by atoms with Gasteiger partial charge in [-0.3, -0.25) is 4.79 Å². The number of hydrogen-bond acceptors (Lipinski definition) is 2. The minimum atomic E-state index is -1.05. The fraction of sp³-hybridized carbons (Fsp3) is 0.222. The molecule has 70 valence electrons. The van der Waals surface area contributed by atoms with E-state index in [4.69, 9.17) is 27.9 Å². The SMILES string of the molecule is COc1ccccc1C(=O)C(Cl)Cl. The maximum Gasteiger partial charge on any atom is 0.199 e. The fourth-order valence-electron chi connectivity index (χ4n) is 0.966. The van der Waals surface area contributed by atoms with Gasteiger partial charge in [-0.15, -0.1) is 0 Å². The molecule has 0 aliphatic carbocycles. The van der Waals surface area contributed by atoms with E-state index in [1.807, 2.05) is 0 Å². The zero-order valence-corrected chi connectivity index (χ0v) is 8.47. The summed E-state index contributed by atoms with van der Waals surface area (Å²) in [6.07, 6.45) is 0. The van der Waals surface area contributed by atoms with Gasteiger partial charge in [0, 0.05) is 0 Å². The lowest BCUT2D eigenvalue weighted by atomic mass is 10.1. The van der Waals surface area contributed by atoms with Crippen LogP contribution < -0.4 is 4.74 Å². The molecule has 0 N–H and O–H groups in total. The molecule has 1 aromatic carbocycles. The van der Waals surface area contributed by atoms with Crippen LogP contribution in [0.1, 0.15) is 10.4 Å². The summed E-state index contributed by atoms with van der Waals surface area (Å²) in [7, 11) is 1.49. The highest BCUT2D eigenvalue weighted by Crippen LogP contribution is 2.21. The molecular weight excluding hydrogens is 211 g/mol. The number of carbonyl (C=O) groups excluding carboxylic acids is 1. The molecule has 0 radical (unpaired) electrons. The van der Waals surface area contributed by atoms with Gasteiger partial charge in [0.05, 0.1) is 12.7 Å². The van der Waals surface area contributed by atoms with E-state index in [2.05, 4.69) is 0 Å². The monoisotopic (exact) mass is 218 g/mol. The van der Waals surface area contributed by atoms with Crippen molar-refractivity contribution in [3.63, 3.8) is 0 Å². The second-order valence-electron chi connectivity index (χ2n) is 2.37. The summed E-state index contributed by atoms with van der Waals surface area (Å²) in [5.41, 5.74) is 0.403. The number of carbonyl (C=O) groups is 1. The molecule has 4 heteroatoms. The maximum absolute atomic E-state index is 11.4. The summed E-state index contributed by atoms with van der Waals surface area (Å²) < 4.78 is 4.98. The van der Waals surface area contributed by atoms with E-state index in [0.29, 0.717) is 11.3 Å². The summed E-state index contributed by atoms with van der Waals surface area (Å²) in [4.78, 5) is 10.3. The number of ether oxygens (including phenoxy) is 1. The third kappa shape index (κ3) is 2.36. The molecule has 0 fully saturated rings. The van der Waals surface area contributed by atoms with Gasteiger partial charge in [0.2, 0.25) is 0 Å². The molecular formula is C9H8Cl2O2. The normalized spacial score (nSPS) is 10.2. The Kier molecular flexibility index (Phi) is 3.58. The van der Waals surface area contributed by atoms with Crippen LogP contribution in [0.15, 0.2) is 24.3 Å². The number of alkyl halides is 2. The third-order valence-electron chi connectivity index (χ3n) is 1.57. The first-order valence-electron chi connectivity index (χ1n) is 3.62. The number of methoxy groups -OCH3 is 1. The predicted molar refractivity (Wildman–Crippen MR) is 52.8 cm³/mol. The molecule has 0 saturated heterocycles. The Morgan fingerprint density at radius 1 is 1.38 bits per heavy atom. The summed E-state index contributed by atoms with van der Waals surface area (Å²) in [6.45, 7) is 0. The lowest BCUT2D eigenvalue weighted by Gasteiger charge is -2.06. The highest BCUT2D eigenvalue weighted by Gasteiger charge is 2.17. The Morgan fingerprint density at radius 3 is 2.54 bits per heavy atom. The molecule has 2 nitrogen and oxygen atoms in total. The first kappa shape index (κ1) is 10.4. The van der Waals surface area contributed by atoms with Gasteiger partial charge in [0.25, 0.3) is 0 Å². The Balaban J connectivity index is 3.06. The van der Waals surface area contributed by atoms with Crippen molar-refractivity contribution >= 4 is 29.0 Å². The van der Waals surface area contributed by atoms with E-state index in [1.54, 1.807) is 24.3 Å². The van der Waals surface area contributed by atoms with Gasteiger partial charge in [-0.25, -0.2) is 0 Å². The Hall–Kier alpha value is -0.730. The van der Waals surface area contributed by atoms with Crippen molar-refractivity contribution in [3.05, 3.63) is 29.8 Å². The highest BCUT2D eigenvalue weighted by atomic mass is 35.5. The smallest absolute Gasteiger partial charge is 0.199 e. The molecule has 0 amide bonds. The molecule has 1 aromatic rings. The first-order chi connectivity index (χ1) is 6.16. The molecule has 1 rings (SSSR count). The van der Waals surface area contributed by atoms with E-state index in [9.17, 15) is 4.79 Å². The second-order valence-corrected chi connectivity index (χ2v) is 3.46. The highest BCUT2D eigenvalue weighted by molar-refractivity contribution is 6.55. The number of Topliss-reactive ketones (excluding diaryl/α,β-unsaturated/α-hetero) is 1. The van der Waals surface area contributed by atoms with Crippen LogP contribution in [-0.2, 0) is 0 Å². The van der Waals surface area contributed by atoms with Crippen LogP contribution in [0, 0.1) is 0 Å². The molecule has 0 bridgehead atoms. The quantitative estimate of drug-likeness (QED) is 0.577. The third-order valence-corrected chi connectivity index (χ3v) is 1.97. The van der Waals surface area contributed by atoms with E-state index in [-0.39, 0.29) is 5.78 Å². The van der Waals surface area contributed by atoms with Crippen LogP contribution in [0.3, 0.4) is 0 Å². The van der Waals surface area contributed by atoms with Crippen molar-refractivity contribution in [1.82, 2.24) is 0 Å². The molecule has 0 aromatic heterocycles. The first-order valence-corrected chi connectivity index (χ1v) is 4.49. The molecule has 0 saturated carbocycles. The topological polar surface area (TPSA) is 26.3 Å². The second kappa shape index (κ2) is 4.49. The number of halogens is 2. The van der Waals surface area contributed by atoms with Crippen molar-refractivity contribution < 1.29 is 9.53 Å². The molecule has 0 atom stereocenters. The summed E-state index contributed by atoms with van der Waals surface area (Å²) in [5, 5.41) is 0. The lowest BCUT2D eigenvalue weighted by Crippen LogP contribution is -2.09. The van der Waals surface area contributed by atoms with Crippen LogP contribution in [0.25, 0.3) is 0 Å². The molecule has 0 aliphatic rings. The summed E-state index contributed by atoms with van der Waals surface area (Å²) in [5.74, 6) is 0.139. The van der Waals surface area contributed by atoms with E-state index < -0.39 is 4.84 Å². The van der Waals surface area contributed by atoms with Crippen molar-refractivity contribution in [1.29, 1.82) is 0 Å². The minimum Gasteiger partial charge on any atom is -0.496 e. The van der Waals surface area contributed by atoms with Crippen molar-refractivity contribution in [2.45, 2.75) is 4.84 Å². The molecule has 0 aliphatic heterocycles. The number of benzene rings is 1. The van der Waals surface area contributed by atoms with Gasteiger partial charge < -0.3 is 4.74 Å². The number of para-hydroxylation sites is 1. The van der Waals surface area contributed by atoms with Crippen LogP contribution in [-0.4, -0.2) is 17.7 Å². The summed E-state index contributed by atoms with van der Waals surface area (Å²) in [6, 6.07) is 6.81. The van der Waals surface area contributed by atoms with Gasteiger partial charge >= 0.3 is 0 Å². The van der Waals surface area contributed by atoms with E-state index in [0.717, 1.165) is 0 Å². The average molecular weight is 219 g/mol. The average Bonchev–Trinajstić information content (AvgIpc) is 2.16. The van der Waals surface area contributed by atoms with Crippen molar-refractivity contribution in [3.8, 4) is 5.75 Å². The standard InChI is InChI=1S/C9H8Cl2O2/c1-13-7-5-3-2-4-6(7)8(12)9(10)11/h2-5,9H,1H3. The van der Waals surface area contributed by atoms with Gasteiger partial charge in [-0.05, 0) is 12.1 Å². The van der Waals surface area contributed by atoms with Crippen LogP contribution in [0.2, 0.25) is 0 Å². The Bertz CT molecular complexity index is 310. The zero-order chi connectivity index (χ0) is 9.84. The maximum atomic E-state index is 11.4. The van der Waals surface area contributed by atoms with Gasteiger partial charge in [-0.2, -0.15) is 0 Å². The van der Waals surface area contributed by atoms with Crippen LogP contribution in [0.4, 0.5) is 0 Å². The molecule has 0 heterocycles. The van der Waals surface area contributed by atoms with Gasteiger partial charge in [0.15, 0.2) is 10.6 Å². The number of ketones is 1. The van der Waals surface area contributed by atoms with E-state index >= 15 is 0 Å². The lowest BCUT2D eigenvalue weighted by molar-refractivity contribution is 0.100. The Labute approximate surface area is 86.4 Å². The number of rotatable bonds is 3. The van der Waals surface area contributed by atoms with Gasteiger partial charge in [-0.1, -0.05) is 35.3 Å². The zero-order valence-electron chi connectivity index (χ0n) is 6.96. The van der Waals surface area contributed by atoms with Crippen LogP contribution >= 0.6 is 23.2 Å². The Morgan fingerprint density at radius 2 is 2.00 bits per heavy atom. The number of hydrogen-bond donors (Lipinski definition) is 0. The largest absolute Gasteiger partial charge is 0.496 e. The summed E-state index contributed by atoms with van der Waals surface area (Å²) >= 11 is 10.9. The fourth-order valence-corrected chi connectivity index (χ4v) is 1.20. The minimum absolute atomic E-state index is 0.346. The van der Waals surface area contributed by atoms with Crippen molar-refractivity contribution in [2.24, 2.45) is 0 Å². The molecule has 0 unspecified atom stereocenters. The van der Waals surface area contributed by atoms with Crippen LogP contribution in [0.5, 0.6) is 5.75 Å². The van der Waals surface area contributed by atoms with E-state index in [1.165, 1.54) is 7.11 Å².